The fourth-order valence-corrected chi connectivity index (χ4v) is 3.44. The molecule has 5 nitrogen and oxygen atoms in total. The van der Waals surface area contributed by atoms with Crippen LogP contribution in [0.2, 0.25) is 0 Å². The molecule has 1 fully saturated rings. The number of ether oxygens (including phenoxy) is 1. The van der Waals surface area contributed by atoms with E-state index in [1.807, 2.05) is 24.3 Å². The molecule has 0 aromatic heterocycles. The van der Waals surface area contributed by atoms with Gasteiger partial charge in [-0.1, -0.05) is 36.8 Å². The van der Waals surface area contributed by atoms with Crippen LogP contribution in [0.15, 0.2) is 53.5 Å². The molecule has 27 heavy (non-hydrogen) atoms. The van der Waals surface area contributed by atoms with Gasteiger partial charge in [0, 0.05) is 24.3 Å². The number of methoxy groups -OCH3 is 1. The Bertz CT molecular complexity index is 757. The van der Waals surface area contributed by atoms with Gasteiger partial charge in [0.25, 0.3) is 0 Å². The molecule has 1 unspecified atom stereocenters. The molecular formula is C22H30N4O. The summed E-state index contributed by atoms with van der Waals surface area (Å²) in [5, 5.41) is 3.10. The average molecular weight is 367 g/mol. The Morgan fingerprint density at radius 3 is 2.70 bits per heavy atom. The van der Waals surface area contributed by atoms with Gasteiger partial charge in [-0.05, 0) is 49.6 Å². The molecule has 0 amide bonds. The number of hydrogen-bond donors (Lipinski definition) is 2. The van der Waals surface area contributed by atoms with E-state index < -0.39 is 0 Å². The first-order chi connectivity index (χ1) is 13.1. The van der Waals surface area contributed by atoms with E-state index in [1.165, 1.54) is 31.4 Å². The highest BCUT2D eigenvalue weighted by atomic mass is 16.5. The van der Waals surface area contributed by atoms with Gasteiger partial charge < -0.3 is 15.8 Å². The fourth-order valence-electron chi connectivity index (χ4n) is 3.44. The quantitative estimate of drug-likeness (QED) is 0.599. The summed E-state index contributed by atoms with van der Waals surface area (Å²) in [6, 6.07) is 17.0. The van der Waals surface area contributed by atoms with Crippen LogP contribution < -0.4 is 15.8 Å². The second kappa shape index (κ2) is 9.42. The van der Waals surface area contributed by atoms with Crippen LogP contribution in [0.25, 0.3) is 0 Å². The molecule has 1 aliphatic heterocycles. The van der Waals surface area contributed by atoms with E-state index in [-0.39, 0.29) is 0 Å². The van der Waals surface area contributed by atoms with Crippen LogP contribution in [0.4, 0.5) is 5.69 Å². The Morgan fingerprint density at radius 1 is 1.19 bits per heavy atom. The third kappa shape index (κ3) is 5.73. The van der Waals surface area contributed by atoms with Gasteiger partial charge in [0.1, 0.15) is 5.75 Å². The molecule has 1 aliphatic rings. The van der Waals surface area contributed by atoms with Crippen molar-refractivity contribution in [1.82, 2.24) is 4.90 Å². The summed E-state index contributed by atoms with van der Waals surface area (Å²) in [5.74, 6) is 1.18. The van der Waals surface area contributed by atoms with Crippen molar-refractivity contribution in [2.45, 2.75) is 45.3 Å². The summed E-state index contributed by atoms with van der Waals surface area (Å²) in [4.78, 5) is 7.01. The predicted molar refractivity (Wildman–Crippen MR) is 112 cm³/mol. The molecule has 0 radical (unpaired) electrons. The van der Waals surface area contributed by atoms with Gasteiger partial charge in [-0.15, -0.1) is 0 Å². The summed E-state index contributed by atoms with van der Waals surface area (Å²) < 4.78 is 5.21. The molecule has 1 atom stereocenters. The zero-order chi connectivity index (χ0) is 19.1. The highest BCUT2D eigenvalue weighted by Gasteiger charge is 2.17. The lowest BCUT2D eigenvalue weighted by Crippen LogP contribution is -2.36. The number of nitrogens with two attached hydrogens (primary N) is 1. The molecule has 5 heteroatoms. The minimum atomic E-state index is 0.398. The van der Waals surface area contributed by atoms with Crippen LogP contribution in [0.5, 0.6) is 5.75 Å². The van der Waals surface area contributed by atoms with Crippen LogP contribution in [0.1, 0.15) is 37.3 Å². The number of rotatable bonds is 6. The minimum Gasteiger partial charge on any atom is -0.497 e. The molecule has 0 bridgehead atoms. The molecule has 0 aliphatic carbocycles. The van der Waals surface area contributed by atoms with Crippen LogP contribution in [0.3, 0.4) is 0 Å². The molecule has 0 spiro atoms. The lowest BCUT2D eigenvalue weighted by atomic mass is 10.0. The van der Waals surface area contributed by atoms with E-state index in [0.717, 1.165) is 23.5 Å². The second-order valence-electron chi connectivity index (χ2n) is 7.19. The molecular weight excluding hydrogens is 336 g/mol. The predicted octanol–water partition coefficient (Wildman–Crippen LogP) is 4.00. The van der Waals surface area contributed by atoms with Crippen molar-refractivity contribution in [1.29, 1.82) is 0 Å². The minimum absolute atomic E-state index is 0.398. The number of likely N-dealkylation sites (tertiary alicyclic amines) is 1. The molecule has 2 aromatic carbocycles. The topological polar surface area (TPSA) is 62.9 Å². The van der Waals surface area contributed by atoms with Crippen molar-refractivity contribution in [3.63, 3.8) is 0 Å². The third-order valence-electron chi connectivity index (χ3n) is 5.12. The largest absolute Gasteiger partial charge is 0.497 e. The number of anilines is 1. The smallest absolute Gasteiger partial charge is 0.193 e. The number of nitrogens with one attached hydrogen (secondary N) is 1. The van der Waals surface area contributed by atoms with Crippen molar-refractivity contribution in [2.75, 3.05) is 19.0 Å². The number of aliphatic imine (C=N–C) groups is 1. The molecule has 0 saturated carbocycles. The van der Waals surface area contributed by atoms with E-state index in [4.69, 9.17) is 10.5 Å². The van der Waals surface area contributed by atoms with Crippen LogP contribution >= 0.6 is 0 Å². The Labute approximate surface area is 162 Å². The molecule has 1 heterocycles. The van der Waals surface area contributed by atoms with E-state index in [9.17, 15) is 0 Å². The molecule has 1 saturated heterocycles. The molecule has 3 rings (SSSR count). The zero-order valence-electron chi connectivity index (χ0n) is 16.3. The van der Waals surface area contributed by atoms with Crippen molar-refractivity contribution in [3.8, 4) is 5.75 Å². The average Bonchev–Trinajstić information content (AvgIpc) is 2.69. The maximum Gasteiger partial charge on any atom is 0.193 e. The Morgan fingerprint density at radius 2 is 1.96 bits per heavy atom. The maximum atomic E-state index is 6.01. The molecule has 2 aromatic rings. The Kier molecular flexibility index (Phi) is 6.71. The van der Waals surface area contributed by atoms with Gasteiger partial charge in [0.2, 0.25) is 0 Å². The van der Waals surface area contributed by atoms with Crippen molar-refractivity contribution < 1.29 is 4.74 Å². The summed E-state index contributed by atoms with van der Waals surface area (Å²) >= 11 is 0. The Balaban J connectivity index is 1.53. The van der Waals surface area contributed by atoms with E-state index in [2.05, 4.69) is 46.4 Å². The third-order valence-corrected chi connectivity index (χ3v) is 5.12. The van der Waals surface area contributed by atoms with E-state index >= 15 is 0 Å². The lowest BCUT2D eigenvalue weighted by Gasteiger charge is -2.33. The van der Waals surface area contributed by atoms with Crippen molar-refractivity contribution in [3.05, 3.63) is 59.7 Å². The first kappa shape index (κ1) is 19.2. The van der Waals surface area contributed by atoms with Crippen LogP contribution in [-0.2, 0) is 13.1 Å². The second-order valence-corrected chi connectivity index (χ2v) is 7.19. The van der Waals surface area contributed by atoms with Gasteiger partial charge in [0.15, 0.2) is 5.96 Å². The Hall–Kier alpha value is -2.53. The lowest BCUT2D eigenvalue weighted by molar-refractivity contribution is 0.152. The first-order valence-corrected chi connectivity index (χ1v) is 9.67. The van der Waals surface area contributed by atoms with Crippen LogP contribution in [-0.4, -0.2) is 30.6 Å². The zero-order valence-corrected chi connectivity index (χ0v) is 16.3. The van der Waals surface area contributed by atoms with E-state index in [0.29, 0.717) is 18.5 Å². The van der Waals surface area contributed by atoms with Gasteiger partial charge in [-0.25, -0.2) is 4.99 Å². The number of benzene rings is 2. The molecule has 3 N–H and O–H groups in total. The van der Waals surface area contributed by atoms with Gasteiger partial charge >= 0.3 is 0 Å². The SMILES string of the molecule is COc1cccc(NC(N)=NCc2ccc(CN3CCCCC3C)cc2)c1. The van der Waals surface area contributed by atoms with Crippen molar-refractivity contribution >= 4 is 11.6 Å². The normalized spacial score (nSPS) is 18.3. The maximum absolute atomic E-state index is 6.01. The number of guanidine groups is 1. The van der Waals surface area contributed by atoms with Gasteiger partial charge in [-0.2, -0.15) is 0 Å². The summed E-state index contributed by atoms with van der Waals surface area (Å²) in [5.41, 5.74) is 9.38. The highest BCUT2D eigenvalue weighted by molar-refractivity contribution is 5.92. The van der Waals surface area contributed by atoms with Crippen molar-refractivity contribution in [2.24, 2.45) is 10.7 Å². The van der Waals surface area contributed by atoms with Crippen LogP contribution in [0, 0.1) is 0 Å². The number of hydrogen-bond acceptors (Lipinski definition) is 3. The summed E-state index contributed by atoms with van der Waals surface area (Å²) in [6.45, 7) is 5.13. The number of piperidine rings is 1. The number of nitrogens with zero attached hydrogens (tertiary/aromatic N) is 2. The highest BCUT2D eigenvalue weighted by Crippen LogP contribution is 2.19. The van der Waals surface area contributed by atoms with Gasteiger partial charge in [-0.3, -0.25) is 4.90 Å². The van der Waals surface area contributed by atoms with E-state index in [1.54, 1.807) is 7.11 Å². The summed E-state index contributed by atoms with van der Waals surface area (Å²) in [7, 11) is 1.64. The molecule has 144 valence electrons. The standard InChI is InChI=1S/C22H30N4O/c1-17-6-3-4-13-26(17)16-19-11-9-18(10-12-19)15-24-22(23)25-20-7-5-8-21(14-20)27-2/h5,7-12,14,17H,3-4,6,13,15-16H2,1-2H3,(H3,23,24,25). The first-order valence-electron chi connectivity index (χ1n) is 9.67. The fraction of sp³-hybridized carbons (Fsp3) is 0.409. The monoisotopic (exact) mass is 366 g/mol. The summed E-state index contributed by atoms with van der Waals surface area (Å²) in [6.07, 6.45) is 3.99. The van der Waals surface area contributed by atoms with Gasteiger partial charge in [0.05, 0.1) is 13.7 Å².